The average molecular weight is 249 g/mol. The lowest BCUT2D eigenvalue weighted by atomic mass is 9.83. The standard InChI is InChI=1S/C13H19N3O2/c1-4-13(9(2)3,12(14)18)16-11(17)10-5-7-15-8-6-10/h5-9H,4H2,1-3H3,(H2,14,18)(H,16,17). The molecule has 3 N–H and O–H groups in total. The minimum atomic E-state index is -1.01. The van der Waals surface area contributed by atoms with Crippen LogP contribution in [-0.2, 0) is 4.79 Å². The third-order valence-corrected chi connectivity index (χ3v) is 3.26. The molecule has 0 saturated heterocycles. The van der Waals surface area contributed by atoms with Crippen LogP contribution in [0.1, 0.15) is 37.6 Å². The van der Waals surface area contributed by atoms with E-state index in [1.807, 2.05) is 20.8 Å². The molecule has 1 rings (SSSR count). The Bertz CT molecular complexity index is 431. The minimum Gasteiger partial charge on any atom is -0.368 e. The Morgan fingerprint density at radius 1 is 1.39 bits per heavy atom. The molecule has 1 aromatic heterocycles. The predicted molar refractivity (Wildman–Crippen MR) is 68.8 cm³/mol. The fourth-order valence-electron chi connectivity index (χ4n) is 1.94. The lowest BCUT2D eigenvalue weighted by Crippen LogP contribution is -2.60. The first-order chi connectivity index (χ1) is 8.44. The molecular weight excluding hydrogens is 230 g/mol. The lowest BCUT2D eigenvalue weighted by molar-refractivity contribution is -0.126. The van der Waals surface area contributed by atoms with Gasteiger partial charge < -0.3 is 11.1 Å². The molecule has 2 amide bonds. The van der Waals surface area contributed by atoms with Crippen molar-refractivity contribution in [2.24, 2.45) is 11.7 Å². The van der Waals surface area contributed by atoms with Crippen LogP contribution in [-0.4, -0.2) is 22.3 Å². The van der Waals surface area contributed by atoms with Gasteiger partial charge in [0.1, 0.15) is 5.54 Å². The molecule has 1 unspecified atom stereocenters. The molecule has 0 aliphatic heterocycles. The van der Waals surface area contributed by atoms with Crippen molar-refractivity contribution in [3.05, 3.63) is 30.1 Å². The monoisotopic (exact) mass is 249 g/mol. The number of nitrogens with two attached hydrogens (primary N) is 1. The number of pyridine rings is 1. The van der Waals surface area contributed by atoms with Gasteiger partial charge in [-0.3, -0.25) is 14.6 Å². The Balaban J connectivity index is 2.99. The van der Waals surface area contributed by atoms with E-state index in [0.29, 0.717) is 12.0 Å². The van der Waals surface area contributed by atoms with Crippen molar-refractivity contribution in [3.8, 4) is 0 Å². The molecule has 0 aliphatic carbocycles. The number of amides is 2. The summed E-state index contributed by atoms with van der Waals surface area (Å²) in [7, 11) is 0. The number of primary amides is 1. The van der Waals surface area contributed by atoms with Gasteiger partial charge in [0.2, 0.25) is 5.91 Å². The van der Waals surface area contributed by atoms with Crippen LogP contribution in [0.3, 0.4) is 0 Å². The van der Waals surface area contributed by atoms with Crippen molar-refractivity contribution in [1.29, 1.82) is 0 Å². The van der Waals surface area contributed by atoms with E-state index >= 15 is 0 Å². The minimum absolute atomic E-state index is 0.0780. The van der Waals surface area contributed by atoms with Gasteiger partial charge in [-0.2, -0.15) is 0 Å². The van der Waals surface area contributed by atoms with Gasteiger partial charge in [-0.1, -0.05) is 20.8 Å². The Morgan fingerprint density at radius 2 is 1.94 bits per heavy atom. The molecule has 0 bridgehead atoms. The Labute approximate surface area is 107 Å². The largest absolute Gasteiger partial charge is 0.368 e. The maximum atomic E-state index is 12.1. The van der Waals surface area contributed by atoms with Crippen molar-refractivity contribution >= 4 is 11.8 Å². The zero-order chi connectivity index (χ0) is 13.8. The second-order valence-corrected chi connectivity index (χ2v) is 4.53. The first kappa shape index (κ1) is 14.2. The molecule has 1 heterocycles. The summed E-state index contributed by atoms with van der Waals surface area (Å²) < 4.78 is 0. The van der Waals surface area contributed by atoms with Crippen LogP contribution >= 0.6 is 0 Å². The maximum Gasteiger partial charge on any atom is 0.252 e. The molecule has 5 nitrogen and oxygen atoms in total. The third kappa shape index (κ3) is 2.67. The van der Waals surface area contributed by atoms with Crippen molar-refractivity contribution in [1.82, 2.24) is 10.3 Å². The van der Waals surface area contributed by atoms with Crippen molar-refractivity contribution < 1.29 is 9.59 Å². The molecular formula is C13H19N3O2. The van der Waals surface area contributed by atoms with Gasteiger partial charge in [-0.05, 0) is 24.5 Å². The van der Waals surface area contributed by atoms with Crippen LogP contribution < -0.4 is 11.1 Å². The van der Waals surface area contributed by atoms with E-state index in [2.05, 4.69) is 10.3 Å². The quantitative estimate of drug-likeness (QED) is 0.819. The molecule has 0 saturated carbocycles. The highest BCUT2D eigenvalue weighted by Gasteiger charge is 2.39. The molecule has 98 valence electrons. The number of hydrogen-bond donors (Lipinski definition) is 2. The molecule has 5 heteroatoms. The van der Waals surface area contributed by atoms with Crippen molar-refractivity contribution in [3.63, 3.8) is 0 Å². The van der Waals surface area contributed by atoms with Crippen LogP contribution in [0.4, 0.5) is 0 Å². The first-order valence-corrected chi connectivity index (χ1v) is 5.96. The van der Waals surface area contributed by atoms with Crippen LogP contribution in [0.15, 0.2) is 24.5 Å². The maximum absolute atomic E-state index is 12.1. The third-order valence-electron chi connectivity index (χ3n) is 3.26. The Morgan fingerprint density at radius 3 is 2.33 bits per heavy atom. The summed E-state index contributed by atoms with van der Waals surface area (Å²) in [5.41, 5.74) is 4.89. The van der Waals surface area contributed by atoms with Crippen LogP contribution in [0, 0.1) is 5.92 Å². The molecule has 0 aliphatic rings. The number of carbonyl (C=O) groups is 2. The SMILES string of the molecule is CCC(NC(=O)c1ccncc1)(C(N)=O)C(C)C. The Kier molecular flexibility index (Phi) is 4.42. The highest BCUT2D eigenvalue weighted by molar-refractivity contribution is 5.98. The number of aromatic nitrogens is 1. The predicted octanol–water partition coefficient (Wildman–Crippen LogP) is 1.10. The van der Waals surface area contributed by atoms with E-state index in [1.54, 1.807) is 12.1 Å². The van der Waals surface area contributed by atoms with Gasteiger partial charge >= 0.3 is 0 Å². The van der Waals surface area contributed by atoms with Crippen LogP contribution in [0.5, 0.6) is 0 Å². The van der Waals surface area contributed by atoms with Gasteiger partial charge in [0.25, 0.3) is 5.91 Å². The van der Waals surface area contributed by atoms with Crippen molar-refractivity contribution in [2.45, 2.75) is 32.7 Å². The van der Waals surface area contributed by atoms with Gasteiger partial charge in [0.15, 0.2) is 0 Å². The highest BCUT2D eigenvalue weighted by Crippen LogP contribution is 2.21. The van der Waals surface area contributed by atoms with E-state index in [0.717, 1.165) is 0 Å². The van der Waals surface area contributed by atoms with Crippen LogP contribution in [0.2, 0.25) is 0 Å². The average Bonchev–Trinajstić information content (AvgIpc) is 2.36. The fraction of sp³-hybridized carbons (Fsp3) is 0.462. The summed E-state index contributed by atoms with van der Waals surface area (Å²) in [6.07, 6.45) is 3.52. The summed E-state index contributed by atoms with van der Waals surface area (Å²) in [5, 5.41) is 2.75. The van der Waals surface area contributed by atoms with Crippen LogP contribution in [0.25, 0.3) is 0 Å². The van der Waals surface area contributed by atoms with Gasteiger partial charge in [-0.25, -0.2) is 0 Å². The molecule has 0 aromatic carbocycles. The normalized spacial score (nSPS) is 14.0. The Hall–Kier alpha value is -1.91. The molecule has 0 spiro atoms. The van der Waals surface area contributed by atoms with Crippen molar-refractivity contribution in [2.75, 3.05) is 0 Å². The zero-order valence-electron chi connectivity index (χ0n) is 10.9. The number of carbonyl (C=O) groups excluding carboxylic acids is 2. The van der Waals surface area contributed by atoms with E-state index in [4.69, 9.17) is 5.73 Å². The molecule has 1 atom stereocenters. The van der Waals surface area contributed by atoms with Gasteiger partial charge in [0, 0.05) is 18.0 Å². The summed E-state index contributed by atoms with van der Waals surface area (Å²) in [5.74, 6) is -0.903. The van der Waals surface area contributed by atoms with E-state index < -0.39 is 11.4 Å². The smallest absolute Gasteiger partial charge is 0.252 e. The molecule has 18 heavy (non-hydrogen) atoms. The lowest BCUT2D eigenvalue weighted by Gasteiger charge is -2.34. The fourth-order valence-corrected chi connectivity index (χ4v) is 1.94. The van der Waals surface area contributed by atoms with E-state index in [-0.39, 0.29) is 11.8 Å². The molecule has 1 aromatic rings. The van der Waals surface area contributed by atoms with Gasteiger partial charge in [0.05, 0.1) is 0 Å². The second-order valence-electron chi connectivity index (χ2n) is 4.53. The second kappa shape index (κ2) is 5.62. The zero-order valence-corrected chi connectivity index (χ0v) is 10.9. The van der Waals surface area contributed by atoms with E-state index in [9.17, 15) is 9.59 Å². The summed E-state index contributed by atoms with van der Waals surface area (Å²) in [6.45, 7) is 5.56. The summed E-state index contributed by atoms with van der Waals surface area (Å²) in [4.78, 5) is 27.6. The summed E-state index contributed by atoms with van der Waals surface area (Å²) in [6, 6.07) is 3.19. The number of nitrogens with one attached hydrogen (secondary N) is 1. The summed E-state index contributed by atoms with van der Waals surface area (Å²) >= 11 is 0. The highest BCUT2D eigenvalue weighted by atomic mass is 16.2. The number of rotatable bonds is 5. The first-order valence-electron chi connectivity index (χ1n) is 5.96. The topological polar surface area (TPSA) is 85.1 Å². The molecule has 0 radical (unpaired) electrons. The molecule has 0 fully saturated rings. The van der Waals surface area contributed by atoms with E-state index in [1.165, 1.54) is 12.4 Å². The number of nitrogens with zero attached hydrogens (tertiary/aromatic N) is 1. The number of hydrogen-bond acceptors (Lipinski definition) is 3. The van der Waals surface area contributed by atoms with Gasteiger partial charge in [-0.15, -0.1) is 0 Å².